The molecule has 0 bridgehead atoms. The number of alkyl halides is 1. The Balaban J connectivity index is 2.37. The van der Waals surface area contributed by atoms with E-state index in [4.69, 9.17) is 23.2 Å². The van der Waals surface area contributed by atoms with Gasteiger partial charge in [-0.25, -0.2) is 0 Å². The van der Waals surface area contributed by atoms with Crippen molar-refractivity contribution in [3.05, 3.63) is 34.9 Å². The monoisotopic (exact) mass is 269 g/mol. The summed E-state index contributed by atoms with van der Waals surface area (Å²) >= 11 is 11.4. The van der Waals surface area contributed by atoms with Crippen LogP contribution in [-0.4, -0.2) is 18.3 Å². The molecular weight excluding hydrogens is 257 g/mol. The van der Waals surface area contributed by atoms with E-state index >= 15 is 0 Å². The zero-order chi connectivity index (χ0) is 12.5. The summed E-state index contributed by atoms with van der Waals surface area (Å²) in [5, 5.41) is 3.31. The van der Waals surface area contributed by atoms with Gasteiger partial charge in [0.25, 0.3) is 0 Å². The van der Waals surface area contributed by atoms with Gasteiger partial charge in [-0.2, -0.15) is 0 Å². The minimum absolute atomic E-state index is 0.0286. The number of carbonyl (C=O) groups excluding carboxylic acids is 1. The molecule has 0 saturated carbocycles. The van der Waals surface area contributed by atoms with Crippen LogP contribution in [0.5, 0.6) is 0 Å². The van der Waals surface area contributed by atoms with Crippen molar-refractivity contribution in [1.82, 2.24) is 5.32 Å². The van der Waals surface area contributed by atoms with Crippen molar-refractivity contribution >= 4 is 29.1 Å². The minimum atomic E-state index is -0.0286. The van der Waals surface area contributed by atoms with E-state index in [9.17, 15) is 4.79 Å². The summed E-state index contributed by atoms with van der Waals surface area (Å²) in [4.78, 5) is 11.2. The van der Waals surface area contributed by atoms with Crippen molar-refractivity contribution in [2.45, 2.75) is 12.8 Å². The molecule has 0 spiro atoms. The van der Waals surface area contributed by atoms with Gasteiger partial charge in [-0.1, -0.05) is 35.6 Å². The number of hydrogen-bond acceptors (Lipinski definition) is 1. The van der Waals surface area contributed by atoms with Gasteiger partial charge in [0.1, 0.15) is 0 Å². The van der Waals surface area contributed by atoms with E-state index in [1.165, 1.54) is 0 Å². The molecule has 0 heterocycles. The molecule has 1 aromatic rings. The summed E-state index contributed by atoms with van der Waals surface area (Å²) < 4.78 is 0. The molecule has 0 saturated heterocycles. The van der Waals surface area contributed by atoms with Gasteiger partial charge in [0.05, 0.1) is 11.6 Å². The van der Waals surface area contributed by atoms with E-state index in [1.807, 2.05) is 18.2 Å². The van der Waals surface area contributed by atoms with Gasteiger partial charge in [-0.15, -0.1) is 11.6 Å². The molecule has 90 valence electrons. The quantitative estimate of drug-likeness (QED) is 0.661. The highest BCUT2D eigenvalue weighted by Crippen LogP contribution is 2.12. The molecule has 1 N–H and O–H groups in total. The van der Waals surface area contributed by atoms with Crippen LogP contribution in [0.4, 0.5) is 0 Å². The number of rotatable bonds is 4. The molecule has 0 aliphatic carbocycles. The Kier molecular flexibility index (Phi) is 6.54. The second kappa shape index (κ2) is 8.00. The molecule has 2 nitrogen and oxygen atoms in total. The number of hydrogen-bond donors (Lipinski definition) is 1. The van der Waals surface area contributed by atoms with Gasteiger partial charge in [0, 0.05) is 17.9 Å². The number of amides is 1. The highest BCUT2D eigenvalue weighted by Gasteiger charge is 1.97. The lowest BCUT2D eigenvalue weighted by atomic mass is 10.2. The molecule has 1 amide bonds. The summed E-state index contributed by atoms with van der Waals surface area (Å²) in [6.45, 7) is 0.326. The normalized spacial score (nSPS) is 9.29. The van der Waals surface area contributed by atoms with Gasteiger partial charge in [0.2, 0.25) is 5.91 Å². The predicted molar refractivity (Wildman–Crippen MR) is 71.3 cm³/mol. The van der Waals surface area contributed by atoms with E-state index in [2.05, 4.69) is 17.2 Å². The van der Waals surface area contributed by atoms with E-state index in [1.54, 1.807) is 6.07 Å². The van der Waals surface area contributed by atoms with E-state index in [-0.39, 0.29) is 5.91 Å². The van der Waals surface area contributed by atoms with Crippen LogP contribution in [0.25, 0.3) is 0 Å². The third-order valence-corrected chi connectivity index (χ3v) is 2.61. The Morgan fingerprint density at radius 3 is 2.82 bits per heavy atom. The van der Waals surface area contributed by atoms with Crippen LogP contribution in [0.1, 0.15) is 18.4 Å². The van der Waals surface area contributed by atoms with Crippen molar-refractivity contribution in [3.8, 4) is 11.8 Å². The first-order chi connectivity index (χ1) is 8.24. The average molecular weight is 270 g/mol. The molecule has 0 aliphatic rings. The van der Waals surface area contributed by atoms with Gasteiger partial charge < -0.3 is 5.32 Å². The first-order valence-corrected chi connectivity index (χ1v) is 6.21. The predicted octanol–water partition coefficient (Wildman–Crippen LogP) is 2.83. The maximum absolute atomic E-state index is 11.2. The molecule has 1 aromatic carbocycles. The lowest BCUT2D eigenvalue weighted by Gasteiger charge is -1.98. The molecule has 17 heavy (non-hydrogen) atoms. The highest BCUT2D eigenvalue weighted by molar-refractivity contribution is 6.31. The van der Waals surface area contributed by atoms with E-state index in [0.717, 1.165) is 5.56 Å². The number of halogens is 2. The third-order valence-electron chi connectivity index (χ3n) is 2.01. The fraction of sp³-hybridized carbons (Fsp3) is 0.308. The van der Waals surface area contributed by atoms with E-state index in [0.29, 0.717) is 30.3 Å². The Morgan fingerprint density at radius 2 is 2.12 bits per heavy atom. The fourth-order valence-corrected chi connectivity index (χ4v) is 1.48. The number of nitrogens with one attached hydrogen (secondary N) is 1. The van der Waals surface area contributed by atoms with Gasteiger partial charge in [-0.05, 0) is 18.6 Å². The molecule has 0 radical (unpaired) electrons. The van der Waals surface area contributed by atoms with E-state index < -0.39 is 0 Å². The van der Waals surface area contributed by atoms with Crippen molar-refractivity contribution in [2.24, 2.45) is 0 Å². The lowest BCUT2D eigenvalue weighted by molar-refractivity contribution is -0.120. The van der Waals surface area contributed by atoms with Crippen LogP contribution in [0.2, 0.25) is 5.02 Å². The summed E-state index contributed by atoms with van der Waals surface area (Å²) in [5.41, 5.74) is 0.768. The Morgan fingerprint density at radius 1 is 1.35 bits per heavy atom. The summed E-state index contributed by atoms with van der Waals surface area (Å²) in [6.07, 6.45) is 1.13. The van der Waals surface area contributed by atoms with Crippen LogP contribution >= 0.6 is 23.2 Å². The molecule has 0 aliphatic heterocycles. The Labute approximate surface area is 111 Å². The van der Waals surface area contributed by atoms with Crippen molar-refractivity contribution in [2.75, 3.05) is 12.4 Å². The van der Waals surface area contributed by atoms with Crippen molar-refractivity contribution in [1.29, 1.82) is 0 Å². The zero-order valence-corrected chi connectivity index (χ0v) is 10.8. The third kappa shape index (κ3) is 5.63. The maximum Gasteiger partial charge on any atom is 0.220 e. The van der Waals surface area contributed by atoms with Crippen molar-refractivity contribution in [3.63, 3.8) is 0 Å². The SMILES string of the molecule is O=C(CCCCl)NCC#Cc1ccccc1Cl. The molecule has 4 heteroatoms. The lowest BCUT2D eigenvalue weighted by Crippen LogP contribution is -2.23. The summed E-state index contributed by atoms with van der Waals surface area (Å²) in [6, 6.07) is 7.34. The first-order valence-electron chi connectivity index (χ1n) is 5.30. The standard InChI is InChI=1S/C13H13Cl2NO/c14-9-3-8-13(17)16-10-4-6-11-5-1-2-7-12(11)15/h1-2,5,7H,3,8-10H2,(H,16,17). The molecular formula is C13H13Cl2NO. The van der Waals surface area contributed by atoms with Crippen molar-refractivity contribution < 1.29 is 4.79 Å². The second-order valence-electron chi connectivity index (χ2n) is 3.35. The Hall–Kier alpha value is -1.17. The Bertz CT molecular complexity index is 435. The van der Waals surface area contributed by atoms with Crippen LogP contribution in [0.3, 0.4) is 0 Å². The van der Waals surface area contributed by atoms with Crippen LogP contribution in [0, 0.1) is 11.8 Å². The molecule has 0 unspecified atom stereocenters. The topological polar surface area (TPSA) is 29.1 Å². The number of carbonyl (C=O) groups is 1. The van der Waals surface area contributed by atoms with Gasteiger partial charge in [-0.3, -0.25) is 4.79 Å². The highest BCUT2D eigenvalue weighted by atomic mass is 35.5. The largest absolute Gasteiger partial charge is 0.345 e. The number of benzene rings is 1. The molecule has 1 rings (SSSR count). The fourth-order valence-electron chi connectivity index (χ4n) is 1.16. The smallest absolute Gasteiger partial charge is 0.220 e. The molecule has 0 aromatic heterocycles. The minimum Gasteiger partial charge on any atom is -0.345 e. The van der Waals surface area contributed by atoms with Crippen LogP contribution < -0.4 is 5.32 Å². The summed E-state index contributed by atoms with van der Waals surface area (Å²) in [5.74, 6) is 6.22. The second-order valence-corrected chi connectivity index (χ2v) is 4.14. The zero-order valence-electron chi connectivity index (χ0n) is 9.30. The van der Waals surface area contributed by atoms with Gasteiger partial charge in [0.15, 0.2) is 0 Å². The molecule has 0 atom stereocenters. The molecule has 0 fully saturated rings. The summed E-state index contributed by atoms with van der Waals surface area (Å²) in [7, 11) is 0. The van der Waals surface area contributed by atoms with Gasteiger partial charge >= 0.3 is 0 Å². The van der Waals surface area contributed by atoms with Crippen LogP contribution in [-0.2, 0) is 4.79 Å². The average Bonchev–Trinajstić information content (AvgIpc) is 2.34. The first kappa shape index (κ1) is 13.9. The maximum atomic E-state index is 11.2. The van der Waals surface area contributed by atoms with Crippen LogP contribution in [0.15, 0.2) is 24.3 Å².